The summed E-state index contributed by atoms with van der Waals surface area (Å²) in [7, 11) is 0. The number of hydrogen-bond acceptors (Lipinski definition) is 2. The lowest BCUT2D eigenvalue weighted by molar-refractivity contribution is 0.140. The van der Waals surface area contributed by atoms with Gasteiger partial charge in [-0.05, 0) is 12.5 Å². The van der Waals surface area contributed by atoms with Gasteiger partial charge >= 0.3 is 0 Å². The Kier molecular flexibility index (Phi) is 1.08. The maximum absolute atomic E-state index is 3.42. The summed E-state index contributed by atoms with van der Waals surface area (Å²) in [5.74, 6) is 0.888. The van der Waals surface area contributed by atoms with Crippen LogP contribution in [0.5, 0.6) is 0 Å². The highest BCUT2D eigenvalue weighted by Crippen LogP contribution is 2.34. The van der Waals surface area contributed by atoms with Crippen LogP contribution in [0.3, 0.4) is 0 Å². The van der Waals surface area contributed by atoms with Crippen LogP contribution in [0.1, 0.15) is 6.92 Å². The molecule has 1 atom stereocenters. The van der Waals surface area contributed by atoms with Gasteiger partial charge in [-0.3, -0.25) is 0 Å². The lowest BCUT2D eigenvalue weighted by Gasteiger charge is -2.42. The molecule has 2 aliphatic heterocycles. The zero-order valence-corrected chi connectivity index (χ0v) is 5.91. The molecule has 2 N–H and O–H groups in total. The van der Waals surface area contributed by atoms with Gasteiger partial charge < -0.3 is 10.6 Å². The van der Waals surface area contributed by atoms with Crippen molar-refractivity contribution < 1.29 is 0 Å². The van der Waals surface area contributed by atoms with Crippen molar-refractivity contribution in [3.05, 3.63) is 0 Å². The quantitative estimate of drug-likeness (QED) is 0.470. The van der Waals surface area contributed by atoms with Crippen LogP contribution in [-0.2, 0) is 0 Å². The van der Waals surface area contributed by atoms with Gasteiger partial charge in [0.15, 0.2) is 0 Å². The molecule has 2 heteroatoms. The monoisotopic (exact) mass is 126 g/mol. The molecule has 2 fully saturated rings. The lowest BCUT2D eigenvalue weighted by atomic mass is 9.74. The van der Waals surface area contributed by atoms with E-state index in [4.69, 9.17) is 0 Å². The van der Waals surface area contributed by atoms with Gasteiger partial charge in [0.25, 0.3) is 0 Å². The Labute approximate surface area is 56.0 Å². The second-order valence-electron chi connectivity index (χ2n) is 3.50. The molecule has 1 unspecified atom stereocenters. The average Bonchev–Trinajstić information content (AvgIpc) is 2.07. The van der Waals surface area contributed by atoms with E-state index in [1.54, 1.807) is 0 Å². The maximum atomic E-state index is 3.42. The van der Waals surface area contributed by atoms with Crippen molar-refractivity contribution in [1.29, 1.82) is 0 Å². The molecule has 0 aliphatic carbocycles. The number of rotatable bonds is 0. The zero-order valence-electron chi connectivity index (χ0n) is 5.91. The first-order valence-corrected chi connectivity index (χ1v) is 3.75. The molecule has 0 bridgehead atoms. The second kappa shape index (κ2) is 1.70. The molecule has 2 saturated heterocycles. The smallest absolute Gasteiger partial charge is 0.0115 e. The van der Waals surface area contributed by atoms with Crippen LogP contribution in [0.2, 0.25) is 0 Å². The van der Waals surface area contributed by atoms with Crippen molar-refractivity contribution >= 4 is 0 Å². The Morgan fingerprint density at radius 2 is 1.89 bits per heavy atom. The van der Waals surface area contributed by atoms with Gasteiger partial charge in [0, 0.05) is 25.0 Å². The van der Waals surface area contributed by atoms with E-state index in [2.05, 4.69) is 17.6 Å². The Morgan fingerprint density at radius 3 is 2.11 bits per heavy atom. The molecule has 0 aromatic carbocycles. The van der Waals surface area contributed by atoms with Crippen LogP contribution in [0.4, 0.5) is 0 Å². The van der Waals surface area contributed by atoms with Crippen LogP contribution < -0.4 is 10.6 Å². The van der Waals surface area contributed by atoms with Gasteiger partial charge in [-0.2, -0.15) is 0 Å². The van der Waals surface area contributed by atoms with Gasteiger partial charge in [0.2, 0.25) is 0 Å². The first-order valence-electron chi connectivity index (χ1n) is 3.75. The SMILES string of the molecule is CC1CNCC12CNC2. The summed E-state index contributed by atoms with van der Waals surface area (Å²) in [5.41, 5.74) is 0.653. The first kappa shape index (κ1) is 5.69. The van der Waals surface area contributed by atoms with Crippen LogP contribution in [0.15, 0.2) is 0 Å². The van der Waals surface area contributed by atoms with E-state index in [9.17, 15) is 0 Å². The maximum Gasteiger partial charge on any atom is 0.0115 e. The second-order valence-corrected chi connectivity index (χ2v) is 3.50. The summed E-state index contributed by atoms with van der Waals surface area (Å²) in [6, 6.07) is 0. The first-order chi connectivity index (χ1) is 4.33. The summed E-state index contributed by atoms with van der Waals surface area (Å²) >= 11 is 0. The van der Waals surface area contributed by atoms with Crippen molar-refractivity contribution in [2.75, 3.05) is 26.2 Å². The molecule has 52 valence electrons. The number of nitrogens with one attached hydrogen (secondary N) is 2. The van der Waals surface area contributed by atoms with Crippen LogP contribution in [0.25, 0.3) is 0 Å². The highest BCUT2D eigenvalue weighted by Gasteiger charge is 2.44. The van der Waals surface area contributed by atoms with Crippen LogP contribution in [-0.4, -0.2) is 26.2 Å². The predicted molar refractivity (Wildman–Crippen MR) is 37.3 cm³/mol. The average molecular weight is 126 g/mol. The van der Waals surface area contributed by atoms with Gasteiger partial charge in [-0.25, -0.2) is 0 Å². The normalized spacial score (nSPS) is 39.0. The van der Waals surface area contributed by atoms with E-state index in [0.29, 0.717) is 5.41 Å². The Morgan fingerprint density at radius 1 is 1.22 bits per heavy atom. The summed E-state index contributed by atoms with van der Waals surface area (Å²) in [6.07, 6.45) is 0. The van der Waals surface area contributed by atoms with E-state index >= 15 is 0 Å². The third kappa shape index (κ3) is 0.634. The Hall–Kier alpha value is -0.0800. The zero-order chi connectivity index (χ0) is 6.32. The summed E-state index contributed by atoms with van der Waals surface area (Å²) in [5, 5.41) is 6.76. The number of hydrogen-bond donors (Lipinski definition) is 2. The predicted octanol–water partition coefficient (Wildman–Crippen LogP) is -0.185. The van der Waals surface area contributed by atoms with Crippen molar-refractivity contribution in [2.45, 2.75) is 6.92 Å². The Bertz CT molecular complexity index is 118. The lowest BCUT2D eigenvalue weighted by Crippen LogP contribution is -2.57. The molecule has 0 aromatic heterocycles. The standard InChI is InChI=1S/C7H14N2/c1-6-2-8-3-7(6)4-9-5-7/h6,8-9H,2-5H2,1H3. The van der Waals surface area contributed by atoms with Crippen molar-refractivity contribution in [3.8, 4) is 0 Å². The minimum atomic E-state index is 0.653. The van der Waals surface area contributed by atoms with E-state index in [0.717, 1.165) is 5.92 Å². The van der Waals surface area contributed by atoms with E-state index in [-0.39, 0.29) is 0 Å². The molecule has 0 saturated carbocycles. The van der Waals surface area contributed by atoms with E-state index in [1.165, 1.54) is 26.2 Å². The fraction of sp³-hybridized carbons (Fsp3) is 1.00. The minimum absolute atomic E-state index is 0.653. The van der Waals surface area contributed by atoms with Gasteiger partial charge in [0.05, 0.1) is 0 Å². The highest BCUT2D eigenvalue weighted by atomic mass is 15.1. The van der Waals surface area contributed by atoms with Crippen molar-refractivity contribution in [2.24, 2.45) is 11.3 Å². The van der Waals surface area contributed by atoms with Crippen LogP contribution in [0, 0.1) is 11.3 Å². The molecule has 2 aliphatic rings. The molecule has 0 radical (unpaired) electrons. The fourth-order valence-electron chi connectivity index (χ4n) is 1.85. The van der Waals surface area contributed by atoms with E-state index in [1.807, 2.05) is 0 Å². The molecular weight excluding hydrogens is 112 g/mol. The summed E-state index contributed by atoms with van der Waals surface area (Å²) in [6.45, 7) is 7.28. The van der Waals surface area contributed by atoms with Crippen molar-refractivity contribution in [3.63, 3.8) is 0 Å². The largest absolute Gasteiger partial charge is 0.316 e. The molecule has 2 rings (SSSR count). The van der Waals surface area contributed by atoms with Crippen molar-refractivity contribution in [1.82, 2.24) is 10.6 Å². The fourth-order valence-corrected chi connectivity index (χ4v) is 1.85. The summed E-state index contributed by atoms with van der Waals surface area (Å²) in [4.78, 5) is 0. The molecule has 0 aromatic rings. The van der Waals surface area contributed by atoms with Gasteiger partial charge in [-0.1, -0.05) is 6.92 Å². The molecule has 2 nitrogen and oxygen atoms in total. The third-order valence-corrected chi connectivity index (χ3v) is 2.93. The molecule has 0 amide bonds. The molecule has 1 spiro atoms. The Balaban J connectivity index is 2.09. The topological polar surface area (TPSA) is 24.1 Å². The van der Waals surface area contributed by atoms with E-state index < -0.39 is 0 Å². The third-order valence-electron chi connectivity index (χ3n) is 2.93. The molecular formula is C7H14N2. The highest BCUT2D eigenvalue weighted by molar-refractivity contribution is 5.01. The van der Waals surface area contributed by atoms with Gasteiger partial charge in [-0.15, -0.1) is 0 Å². The van der Waals surface area contributed by atoms with Gasteiger partial charge in [0.1, 0.15) is 0 Å². The minimum Gasteiger partial charge on any atom is -0.316 e. The summed E-state index contributed by atoms with van der Waals surface area (Å²) < 4.78 is 0. The van der Waals surface area contributed by atoms with Crippen LogP contribution >= 0.6 is 0 Å². The molecule has 9 heavy (non-hydrogen) atoms. The molecule has 2 heterocycles.